The van der Waals surface area contributed by atoms with Crippen molar-refractivity contribution in [3.63, 3.8) is 0 Å². The van der Waals surface area contributed by atoms with Crippen molar-refractivity contribution in [1.82, 2.24) is 0 Å². The summed E-state index contributed by atoms with van der Waals surface area (Å²) in [6.45, 7) is 6.22. The molecule has 0 saturated heterocycles. The molecule has 4 nitrogen and oxygen atoms in total. The van der Waals surface area contributed by atoms with E-state index in [2.05, 4.69) is 0 Å². The van der Waals surface area contributed by atoms with E-state index in [0.29, 0.717) is 13.2 Å². The number of carbonyl (C=O) groups excluding carboxylic acids is 2. The normalized spacial score (nSPS) is 28.3. The molecule has 1 saturated carbocycles. The Balaban J connectivity index is 2.53. The third-order valence-corrected chi connectivity index (χ3v) is 2.76. The lowest BCUT2D eigenvalue weighted by atomic mass is 10.2. The van der Waals surface area contributed by atoms with Gasteiger partial charge in [0.25, 0.3) is 0 Å². The van der Waals surface area contributed by atoms with Gasteiger partial charge in [0.15, 0.2) is 0 Å². The minimum absolute atomic E-state index is 0.114. The highest BCUT2D eigenvalue weighted by Gasteiger charge is 2.59. The molecule has 0 bridgehead atoms. The molecule has 2 atom stereocenters. The van der Waals surface area contributed by atoms with Gasteiger partial charge in [-0.05, 0) is 19.8 Å². The van der Waals surface area contributed by atoms with Crippen LogP contribution in [0.1, 0.15) is 27.2 Å². The van der Waals surface area contributed by atoms with E-state index >= 15 is 0 Å². The molecule has 0 aliphatic heterocycles. The van der Waals surface area contributed by atoms with Crippen LogP contribution in [0, 0.1) is 17.8 Å². The van der Waals surface area contributed by atoms with Crippen molar-refractivity contribution in [2.24, 2.45) is 17.8 Å². The molecule has 0 aromatic rings. The van der Waals surface area contributed by atoms with Crippen LogP contribution >= 0.6 is 0 Å². The van der Waals surface area contributed by atoms with Crippen molar-refractivity contribution in [3.8, 4) is 0 Å². The Morgan fingerprint density at radius 3 is 1.60 bits per heavy atom. The van der Waals surface area contributed by atoms with E-state index in [-0.39, 0.29) is 29.7 Å². The predicted molar refractivity (Wildman–Crippen MR) is 54.0 cm³/mol. The van der Waals surface area contributed by atoms with Gasteiger partial charge < -0.3 is 9.47 Å². The Bertz CT molecular complexity index is 225. The summed E-state index contributed by atoms with van der Waals surface area (Å²) in [5, 5.41) is 0. The molecule has 1 aliphatic carbocycles. The minimum Gasteiger partial charge on any atom is -0.466 e. The van der Waals surface area contributed by atoms with Gasteiger partial charge in [-0.3, -0.25) is 9.59 Å². The predicted octanol–water partition coefficient (Wildman–Crippen LogP) is 1.38. The first-order valence-electron chi connectivity index (χ1n) is 5.50. The summed E-state index contributed by atoms with van der Waals surface area (Å²) in [4.78, 5) is 22.9. The second kappa shape index (κ2) is 5.14. The zero-order valence-electron chi connectivity index (χ0n) is 9.49. The molecule has 0 radical (unpaired) electrons. The monoisotopic (exact) mass is 214 g/mol. The Kier molecular flexibility index (Phi) is 4.12. The van der Waals surface area contributed by atoms with E-state index in [1.54, 1.807) is 13.8 Å². The summed E-state index contributed by atoms with van der Waals surface area (Å²) in [6.07, 6.45) is 0.812. The fourth-order valence-electron chi connectivity index (χ4n) is 2.00. The molecule has 0 aromatic carbocycles. The molecule has 1 rings (SSSR count). The van der Waals surface area contributed by atoms with E-state index < -0.39 is 0 Å². The van der Waals surface area contributed by atoms with E-state index in [0.717, 1.165) is 6.42 Å². The highest BCUT2D eigenvalue weighted by Crippen LogP contribution is 2.49. The standard InChI is InChI=1S/C11H18O4/c1-4-7-8(10(12)14-5-2)9(7)11(13)15-6-3/h7-9H,4-6H2,1-3H3/t8-,9-/m1/s1. The van der Waals surface area contributed by atoms with Gasteiger partial charge in [-0.1, -0.05) is 13.3 Å². The zero-order chi connectivity index (χ0) is 11.4. The third kappa shape index (κ3) is 2.49. The molecule has 1 fully saturated rings. The summed E-state index contributed by atoms with van der Waals surface area (Å²) in [7, 11) is 0. The molecule has 0 N–H and O–H groups in total. The molecule has 0 amide bonds. The molecule has 0 heterocycles. The summed E-state index contributed by atoms with van der Waals surface area (Å²) in [6, 6.07) is 0. The lowest BCUT2D eigenvalue weighted by Crippen LogP contribution is -2.13. The van der Waals surface area contributed by atoms with Crippen molar-refractivity contribution in [2.45, 2.75) is 27.2 Å². The summed E-state index contributed by atoms with van der Waals surface area (Å²) in [5.74, 6) is -0.948. The van der Waals surface area contributed by atoms with Crippen molar-refractivity contribution >= 4 is 11.9 Å². The SMILES string of the molecule is CCOC(=O)[C@@H]1C(CC)[C@H]1C(=O)OCC. The van der Waals surface area contributed by atoms with Gasteiger partial charge in [-0.15, -0.1) is 0 Å². The second-order valence-corrected chi connectivity index (χ2v) is 3.63. The number of rotatable bonds is 5. The Labute approximate surface area is 89.9 Å². The average molecular weight is 214 g/mol. The maximum atomic E-state index is 11.5. The maximum Gasteiger partial charge on any atom is 0.310 e. The third-order valence-electron chi connectivity index (χ3n) is 2.76. The first-order chi connectivity index (χ1) is 7.17. The molecule has 0 unspecified atom stereocenters. The van der Waals surface area contributed by atoms with Crippen LogP contribution in [0.2, 0.25) is 0 Å². The molecular weight excluding hydrogens is 196 g/mol. The van der Waals surface area contributed by atoms with Gasteiger partial charge in [0, 0.05) is 0 Å². The van der Waals surface area contributed by atoms with Crippen LogP contribution < -0.4 is 0 Å². The number of carbonyl (C=O) groups is 2. The van der Waals surface area contributed by atoms with E-state index in [1.165, 1.54) is 0 Å². The lowest BCUT2D eigenvalue weighted by Gasteiger charge is -2.00. The van der Waals surface area contributed by atoms with Crippen LogP contribution in [0.4, 0.5) is 0 Å². The number of hydrogen-bond acceptors (Lipinski definition) is 4. The first-order valence-corrected chi connectivity index (χ1v) is 5.50. The van der Waals surface area contributed by atoms with Gasteiger partial charge in [-0.25, -0.2) is 0 Å². The Morgan fingerprint density at radius 1 is 0.933 bits per heavy atom. The van der Waals surface area contributed by atoms with E-state index in [9.17, 15) is 9.59 Å². The van der Waals surface area contributed by atoms with Crippen molar-refractivity contribution in [1.29, 1.82) is 0 Å². The summed E-state index contributed by atoms with van der Waals surface area (Å²) >= 11 is 0. The van der Waals surface area contributed by atoms with Gasteiger partial charge >= 0.3 is 11.9 Å². The van der Waals surface area contributed by atoms with E-state index in [4.69, 9.17) is 9.47 Å². The number of esters is 2. The maximum absolute atomic E-state index is 11.5. The van der Waals surface area contributed by atoms with Gasteiger partial charge in [0.1, 0.15) is 0 Å². The molecule has 4 heteroatoms. The van der Waals surface area contributed by atoms with Crippen LogP contribution in [0.25, 0.3) is 0 Å². The topological polar surface area (TPSA) is 52.6 Å². The molecule has 86 valence electrons. The molecule has 15 heavy (non-hydrogen) atoms. The van der Waals surface area contributed by atoms with Gasteiger partial charge in [-0.2, -0.15) is 0 Å². The van der Waals surface area contributed by atoms with Crippen LogP contribution in [0.3, 0.4) is 0 Å². The highest BCUT2D eigenvalue weighted by molar-refractivity contribution is 5.88. The van der Waals surface area contributed by atoms with Crippen LogP contribution in [0.15, 0.2) is 0 Å². The van der Waals surface area contributed by atoms with Crippen LogP contribution in [-0.2, 0) is 19.1 Å². The smallest absolute Gasteiger partial charge is 0.310 e. The fourth-order valence-corrected chi connectivity index (χ4v) is 2.00. The fraction of sp³-hybridized carbons (Fsp3) is 0.818. The second-order valence-electron chi connectivity index (χ2n) is 3.63. The summed E-state index contributed by atoms with van der Waals surface area (Å²) in [5.41, 5.74) is 0. The number of hydrogen-bond donors (Lipinski definition) is 0. The molecule has 0 spiro atoms. The van der Waals surface area contributed by atoms with Crippen molar-refractivity contribution in [2.75, 3.05) is 13.2 Å². The van der Waals surface area contributed by atoms with Crippen molar-refractivity contribution in [3.05, 3.63) is 0 Å². The quantitative estimate of drug-likeness (QED) is 0.649. The Hall–Kier alpha value is -1.06. The molecule has 0 aromatic heterocycles. The summed E-state index contributed by atoms with van der Waals surface area (Å²) < 4.78 is 9.82. The van der Waals surface area contributed by atoms with Crippen LogP contribution in [-0.4, -0.2) is 25.2 Å². The van der Waals surface area contributed by atoms with Gasteiger partial charge in [0.2, 0.25) is 0 Å². The van der Waals surface area contributed by atoms with E-state index in [1.807, 2.05) is 6.92 Å². The molecular formula is C11H18O4. The zero-order valence-corrected chi connectivity index (χ0v) is 9.49. The largest absolute Gasteiger partial charge is 0.466 e. The first kappa shape index (κ1) is 12.0. The lowest BCUT2D eigenvalue weighted by molar-refractivity contribution is -0.150. The van der Waals surface area contributed by atoms with Gasteiger partial charge in [0.05, 0.1) is 25.0 Å². The van der Waals surface area contributed by atoms with Crippen molar-refractivity contribution < 1.29 is 19.1 Å². The average Bonchev–Trinajstić information content (AvgIpc) is 2.92. The molecule has 1 aliphatic rings. The number of ether oxygens (including phenoxy) is 2. The highest BCUT2D eigenvalue weighted by atomic mass is 16.5. The Morgan fingerprint density at radius 2 is 1.33 bits per heavy atom. The van der Waals surface area contributed by atoms with Crippen LogP contribution in [0.5, 0.6) is 0 Å². The minimum atomic E-state index is -0.269.